The first-order valence-electron chi connectivity index (χ1n) is 8.03. The fraction of sp³-hybridized carbons (Fsp3) is 0.143. The number of fused-ring (bicyclic) bond motifs is 1. The zero-order valence-electron chi connectivity index (χ0n) is 14.1. The number of carbonyl (C=O) groups excluding carboxylic acids is 1. The van der Waals surface area contributed by atoms with Gasteiger partial charge < -0.3 is 10.4 Å². The number of amides is 1. The van der Waals surface area contributed by atoms with Crippen LogP contribution < -0.4 is 5.32 Å². The minimum Gasteiger partial charge on any atom is -0.480 e. The number of carbonyl (C=O) groups is 2. The Morgan fingerprint density at radius 2 is 1.52 bits per heavy atom. The standard InChI is InChI=1S/C21H19NO3/c1-21(2,20(24)25)22-19(23)17-13-12-14-8-6-7-11-16(14)18(17)15-9-4-3-5-10-15/h3-13H,1-2H3,(H,22,23)(H,24,25). The van der Waals surface area contributed by atoms with Crippen molar-refractivity contribution in [3.05, 3.63) is 72.3 Å². The van der Waals surface area contributed by atoms with Crippen molar-refractivity contribution in [1.29, 1.82) is 0 Å². The van der Waals surface area contributed by atoms with Crippen LogP contribution in [0.25, 0.3) is 21.9 Å². The third-order valence-electron chi connectivity index (χ3n) is 4.20. The number of aliphatic carboxylic acids is 1. The molecule has 126 valence electrons. The number of rotatable bonds is 4. The summed E-state index contributed by atoms with van der Waals surface area (Å²) in [6, 6.07) is 21.1. The van der Waals surface area contributed by atoms with Crippen molar-refractivity contribution in [1.82, 2.24) is 5.32 Å². The van der Waals surface area contributed by atoms with Crippen molar-refractivity contribution in [2.24, 2.45) is 0 Å². The Hall–Kier alpha value is -3.14. The van der Waals surface area contributed by atoms with E-state index in [2.05, 4.69) is 5.32 Å². The molecule has 0 saturated heterocycles. The molecule has 0 aliphatic rings. The first kappa shape index (κ1) is 16.7. The van der Waals surface area contributed by atoms with Gasteiger partial charge in [-0.2, -0.15) is 0 Å². The van der Waals surface area contributed by atoms with E-state index < -0.39 is 17.4 Å². The molecule has 0 unspecified atom stereocenters. The summed E-state index contributed by atoms with van der Waals surface area (Å²) in [5.41, 5.74) is 0.825. The lowest BCUT2D eigenvalue weighted by molar-refractivity contribution is -0.143. The molecule has 3 aromatic carbocycles. The molecule has 2 N–H and O–H groups in total. The minimum absolute atomic E-state index is 0.406. The molecule has 0 fully saturated rings. The fourth-order valence-electron chi connectivity index (χ4n) is 2.78. The molecule has 0 heterocycles. The van der Waals surface area contributed by atoms with Crippen LogP contribution in [0.1, 0.15) is 24.2 Å². The molecule has 0 saturated carbocycles. The van der Waals surface area contributed by atoms with E-state index in [0.29, 0.717) is 5.56 Å². The first-order valence-corrected chi connectivity index (χ1v) is 8.03. The van der Waals surface area contributed by atoms with Gasteiger partial charge in [0.15, 0.2) is 0 Å². The van der Waals surface area contributed by atoms with Crippen molar-refractivity contribution in [3.8, 4) is 11.1 Å². The Morgan fingerprint density at radius 3 is 2.20 bits per heavy atom. The van der Waals surface area contributed by atoms with E-state index in [1.807, 2.05) is 60.7 Å². The summed E-state index contributed by atoms with van der Waals surface area (Å²) in [5.74, 6) is -1.49. The highest BCUT2D eigenvalue weighted by atomic mass is 16.4. The van der Waals surface area contributed by atoms with E-state index in [1.165, 1.54) is 13.8 Å². The van der Waals surface area contributed by atoms with Crippen LogP contribution in [0.15, 0.2) is 66.7 Å². The first-order chi connectivity index (χ1) is 11.9. The Morgan fingerprint density at radius 1 is 0.880 bits per heavy atom. The summed E-state index contributed by atoms with van der Waals surface area (Å²) in [4.78, 5) is 24.2. The average molecular weight is 333 g/mol. The predicted octanol–water partition coefficient (Wildman–Crippen LogP) is 4.10. The topological polar surface area (TPSA) is 66.4 Å². The van der Waals surface area contributed by atoms with E-state index in [-0.39, 0.29) is 0 Å². The molecule has 0 bridgehead atoms. The lowest BCUT2D eigenvalue weighted by Crippen LogP contribution is -2.49. The summed E-state index contributed by atoms with van der Waals surface area (Å²) in [7, 11) is 0. The highest BCUT2D eigenvalue weighted by Crippen LogP contribution is 2.32. The van der Waals surface area contributed by atoms with Crippen LogP contribution in [-0.4, -0.2) is 22.5 Å². The zero-order valence-corrected chi connectivity index (χ0v) is 14.1. The van der Waals surface area contributed by atoms with Gasteiger partial charge in [0.2, 0.25) is 0 Å². The van der Waals surface area contributed by atoms with Gasteiger partial charge in [-0.25, -0.2) is 4.79 Å². The summed E-state index contributed by atoms with van der Waals surface area (Å²) >= 11 is 0. The van der Waals surface area contributed by atoms with Crippen LogP contribution in [0.3, 0.4) is 0 Å². The number of hydrogen-bond acceptors (Lipinski definition) is 2. The van der Waals surface area contributed by atoms with Gasteiger partial charge in [0.25, 0.3) is 5.91 Å². The number of carboxylic acid groups (broad SMARTS) is 1. The van der Waals surface area contributed by atoms with E-state index >= 15 is 0 Å². The molecule has 0 spiro atoms. The van der Waals surface area contributed by atoms with Gasteiger partial charge in [0, 0.05) is 11.1 Å². The Balaban J connectivity index is 2.19. The molecule has 3 rings (SSSR count). The Bertz CT molecular complexity index is 946. The van der Waals surface area contributed by atoms with Crippen molar-refractivity contribution in [2.75, 3.05) is 0 Å². The van der Waals surface area contributed by atoms with Gasteiger partial charge in [-0.1, -0.05) is 60.7 Å². The van der Waals surface area contributed by atoms with E-state index in [0.717, 1.165) is 21.9 Å². The van der Waals surface area contributed by atoms with Gasteiger partial charge in [-0.05, 0) is 36.2 Å². The number of nitrogens with one attached hydrogen (secondary N) is 1. The van der Waals surface area contributed by atoms with E-state index in [1.54, 1.807) is 6.07 Å². The molecule has 0 atom stereocenters. The summed E-state index contributed by atoms with van der Waals surface area (Å²) < 4.78 is 0. The molecule has 0 radical (unpaired) electrons. The maximum absolute atomic E-state index is 12.8. The van der Waals surface area contributed by atoms with Gasteiger partial charge in [0.05, 0.1) is 0 Å². The Kier molecular flexibility index (Phi) is 4.28. The lowest BCUT2D eigenvalue weighted by atomic mass is 9.92. The minimum atomic E-state index is -1.35. The van der Waals surface area contributed by atoms with Crippen LogP contribution in [-0.2, 0) is 4.79 Å². The maximum atomic E-state index is 12.8. The molecule has 0 aromatic heterocycles. The third kappa shape index (κ3) is 3.24. The molecule has 0 aliphatic carbocycles. The van der Waals surface area contributed by atoms with Gasteiger partial charge in [-0.15, -0.1) is 0 Å². The van der Waals surface area contributed by atoms with Crippen molar-refractivity contribution < 1.29 is 14.7 Å². The van der Waals surface area contributed by atoms with Crippen molar-refractivity contribution in [3.63, 3.8) is 0 Å². The molecular weight excluding hydrogens is 314 g/mol. The fourth-order valence-corrected chi connectivity index (χ4v) is 2.78. The summed E-state index contributed by atoms with van der Waals surface area (Å²) in [6.45, 7) is 2.94. The summed E-state index contributed by atoms with van der Waals surface area (Å²) in [6.07, 6.45) is 0. The SMILES string of the molecule is CC(C)(NC(=O)c1ccc2ccccc2c1-c1ccccc1)C(=O)O. The summed E-state index contributed by atoms with van der Waals surface area (Å²) in [5, 5.41) is 13.9. The second kappa shape index (κ2) is 6.40. The van der Waals surface area contributed by atoms with Crippen LogP contribution in [0.4, 0.5) is 0 Å². The Labute approximate surface area is 146 Å². The highest BCUT2D eigenvalue weighted by Gasteiger charge is 2.30. The average Bonchev–Trinajstić information content (AvgIpc) is 2.61. The second-order valence-electron chi connectivity index (χ2n) is 6.46. The monoisotopic (exact) mass is 333 g/mol. The quantitative estimate of drug-likeness (QED) is 0.755. The van der Waals surface area contributed by atoms with E-state index in [9.17, 15) is 14.7 Å². The molecule has 25 heavy (non-hydrogen) atoms. The molecule has 0 aliphatic heterocycles. The molecule has 4 heteroatoms. The molecule has 3 aromatic rings. The zero-order chi connectivity index (χ0) is 18.0. The van der Waals surface area contributed by atoms with Gasteiger partial charge >= 0.3 is 5.97 Å². The number of benzene rings is 3. The predicted molar refractivity (Wildman–Crippen MR) is 98.6 cm³/mol. The lowest BCUT2D eigenvalue weighted by Gasteiger charge is -2.22. The van der Waals surface area contributed by atoms with E-state index in [4.69, 9.17) is 0 Å². The normalized spacial score (nSPS) is 11.3. The maximum Gasteiger partial charge on any atom is 0.328 e. The third-order valence-corrected chi connectivity index (χ3v) is 4.20. The van der Waals surface area contributed by atoms with Crippen molar-refractivity contribution >= 4 is 22.6 Å². The van der Waals surface area contributed by atoms with Crippen molar-refractivity contribution in [2.45, 2.75) is 19.4 Å². The molecule has 4 nitrogen and oxygen atoms in total. The van der Waals surface area contributed by atoms with Crippen LogP contribution in [0.5, 0.6) is 0 Å². The number of carboxylic acids is 1. The molecule has 1 amide bonds. The molecular formula is C21H19NO3. The largest absolute Gasteiger partial charge is 0.480 e. The number of hydrogen-bond donors (Lipinski definition) is 2. The van der Waals surface area contributed by atoms with Crippen LogP contribution >= 0.6 is 0 Å². The smallest absolute Gasteiger partial charge is 0.328 e. The van der Waals surface area contributed by atoms with Crippen LogP contribution in [0, 0.1) is 0 Å². The van der Waals surface area contributed by atoms with Crippen LogP contribution in [0.2, 0.25) is 0 Å². The highest BCUT2D eigenvalue weighted by molar-refractivity contribution is 6.10. The van der Waals surface area contributed by atoms with Gasteiger partial charge in [0.1, 0.15) is 5.54 Å². The van der Waals surface area contributed by atoms with Gasteiger partial charge in [-0.3, -0.25) is 4.79 Å². The second-order valence-corrected chi connectivity index (χ2v) is 6.46.